The van der Waals surface area contributed by atoms with Crippen LogP contribution in [0.3, 0.4) is 0 Å². The second-order valence-electron chi connectivity index (χ2n) is 4.55. The van der Waals surface area contributed by atoms with Gasteiger partial charge in [-0.2, -0.15) is 5.10 Å². The molecule has 2 rings (SSSR count). The van der Waals surface area contributed by atoms with Gasteiger partial charge in [-0.3, -0.25) is 9.36 Å². The fraction of sp³-hybridized carbons (Fsp3) is 0.500. The summed E-state index contributed by atoms with van der Waals surface area (Å²) in [6.07, 6.45) is 1.70. The van der Waals surface area contributed by atoms with Crippen LogP contribution in [0.5, 0.6) is 0 Å². The predicted octanol–water partition coefficient (Wildman–Crippen LogP) is 0.521. The minimum absolute atomic E-state index is 0.107. The number of hydrazone groups is 1. The summed E-state index contributed by atoms with van der Waals surface area (Å²) in [7, 11) is 0. The van der Waals surface area contributed by atoms with Gasteiger partial charge in [0.05, 0.1) is 5.69 Å². The molecule has 0 saturated heterocycles. The molecule has 1 atom stereocenters. The summed E-state index contributed by atoms with van der Waals surface area (Å²) < 4.78 is 1.39. The van der Waals surface area contributed by atoms with Gasteiger partial charge in [-0.15, -0.1) is 0 Å². The van der Waals surface area contributed by atoms with Crippen LogP contribution >= 0.6 is 0 Å². The molecule has 0 saturated carbocycles. The van der Waals surface area contributed by atoms with Crippen LogP contribution in [0.1, 0.15) is 54.6 Å². The maximum absolute atomic E-state index is 12.4. The van der Waals surface area contributed by atoms with Gasteiger partial charge in [0.1, 0.15) is 11.3 Å². The minimum atomic E-state index is -1.24. The molecule has 7 nitrogen and oxygen atoms in total. The summed E-state index contributed by atoms with van der Waals surface area (Å²) in [5, 5.41) is 12.8. The number of aromatic carboxylic acids is 1. The van der Waals surface area contributed by atoms with E-state index >= 15 is 0 Å². The molecular weight excluding hydrogens is 248 g/mol. The van der Waals surface area contributed by atoms with Crippen molar-refractivity contribution in [3.63, 3.8) is 0 Å². The van der Waals surface area contributed by atoms with Gasteiger partial charge in [0, 0.05) is 6.04 Å². The number of fused-ring (bicyclic) bond motifs is 1. The van der Waals surface area contributed by atoms with Gasteiger partial charge in [0.2, 0.25) is 0 Å². The third-order valence-electron chi connectivity index (χ3n) is 3.39. The number of carboxylic acids is 1. The van der Waals surface area contributed by atoms with Crippen LogP contribution in [-0.2, 0) is 6.42 Å². The number of carbonyl (C=O) groups is 1. The number of aromatic nitrogens is 2. The average molecular weight is 264 g/mol. The van der Waals surface area contributed by atoms with E-state index in [0.29, 0.717) is 30.8 Å². The second kappa shape index (κ2) is 4.83. The number of rotatable bonds is 2. The van der Waals surface area contributed by atoms with Crippen molar-refractivity contribution in [3.05, 3.63) is 27.4 Å². The highest BCUT2D eigenvalue weighted by atomic mass is 16.4. The topological polar surface area (TPSA) is 111 Å². The zero-order valence-corrected chi connectivity index (χ0v) is 10.9. The number of nitrogens with two attached hydrogens (primary N) is 1. The SMILES string of the molecule is CCc1nc2n(c(=O)c1C(=O)O)C(C)CCC2=NN. The average Bonchev–Trinajstić information content (AvgIpc) is 2.37. The fourth-order valence-corrected chi connectivity index (χ4v) is 2.37. The third-order valence-corrected chi connectivity index (χ3v) is 3.39. The molecule has 1 aromatic heterocycles. The normalized spacial score (nSPS) is 20.3. The number of hydrogen-bond donors (Lipinski definition) is 2. The summed E-state index contributed by atoms with van der Waals surface area (Å²) in [6.45, 7) is 3.62. The lowest BCUT2D eigenvalue weighted by Gasteiger charge is -2.25. The molecule has 102 valence electrons. The van der Waals surface area contributed by atoms with Gasteiger partial charge < -0.3 is 10.9 Å². The molecule has 0 spiro atoms. The van der Waals surface area contributed by atoms with E-state index in [4.69, 9.17) is 5.84 Å². The van der Waals surface area contributed by atoms with Crippen molar-refractivity contribution >= 4 is 11.7 Å². The molecule has 0 aromatic carbocycles. The van der Waals surface area contributed by atoms with Crippen molar-refractivity contribution in [1.29, 1.82) is 0 Å². The summed E-state index contributed by atoms with van der Waals surface area (Å²) in [5.41, 5.74) is 0.0416. The first-order valence-corrected chi connectivity index (χ1v) is 6.17. The summed E-state index contributed by atoms with van der Waals surface area (Å²) >= 11 is 0. The van der Waals surface area contributed by atoms with Crippen molar-refractivity contribution in [2.45, 2.75) is 39.2 Å². The van der Waals surface area contributed by atoms with Gasteiger partial charge >= 0.3 is 5.97 Å². The smallest absolute Gasteiger partial charge is 0.343 e. The first kappa shape index (κ1) is 13.3. The number of hydrogen-bond acceptors (Lipinski definition) is 5. The van der Waals surface area contributed by atoms with E-state index in [1.54, 1.807) is 6.92 Å². The standard InChI is InChI=1S/C12H16N4O3/c1-3-7-9(12(18)19)11(17)16-6(2)4-5-8(15-13)10(16)14-7/h6H,3-5,13H2,1-2H3,(H,18,19). The number of aryl methyl sites for hydroxylation is 1. The van der Waals surface area contributed by atoms with Crippen molar-refractivity contribution in [2.24, 2.45) is 10.9 Å². The van der Waals surface area contributed by atoms with Crippen LogP contribution in [0, 0.1) is 0 Å². The van der Waals surface area contributed by atoms with Crippen LogP contribution in [0.25, 0.3) is 0 Å². The van der Waals surface area contributed by atoms with E-state index < -0.39 is 11.5 Å². The van der Waals surface area contributed by atoms with E-state index in [0.717, 1.165) is 0 Å². The Bertz CT molecular complexity index is 618. The summed E-state index contributed by atoms with van der Waals surface area (Å²) in [4.78, 5) is 27.9. The second-order valence-corrected chi connectivity index (χ2v) is 4.55. The van der Waals surface area contributed by atoms with Gasteiger partial charge in [0.15, 0.2) is 5.82 Å². The lowest BCUT2D eigenvalue weighted by atomic mass is 10.0. The molecule has 1 aromatic rings. The highest BCUT2D eigenvalue weighted by molar-refractivity contribution is 5.98. The Balaban J connectivity index is 2.83. The van der Waals surface area contributed by atoms with Gasteiger partial charge in [0.25, 0.3) is 5.56 Å². The maximum atomic E-state index is 12.4. The van der Waals surface area contributed by atoms with Crippen LogP contribution in [0.15, 0.2) is 9.90 Å². The monoisotopic (exact) mass is 264 g/mol. The summed E-state index contributed by atoms with van der Waals surface area (Å²) in [6, 6.07) is -0.107. The molecule has 0 radical (unpaired) electrons. The molecule has 0 bridgehead atoms. The van der Waals surface area contributed by atoms with Gasteiger partial charge in [-0.05, 0) is 26.2 Å². The Kier molecular flexibility index (Phi) is 3.37. The zero-order chi connectivity index (χ0) is 14.2. The van der Waals surface area contributed by atoms with Crippen LogP contribution in [0.2, 0.25) is 0 Å². The van der Waals surface area contributed by atoms with Crippen LogP contribution in [-0.4, -0.2) is 26.3 Å². The molecule has 3 N–H and O–H groups in total. The molecule has 0 aliphatic carbocycles. The zero-order valence-electron chi connectivity index (χ0n) is 10.9. The number of carboxylic acid groups (broad SMARTS) is 1. The van der Waals surface area contributed by atoms with Gasteiger partial charge in [-0.1, -0.05) is 6.92 Å². The molecule has 1 unspecified atom stereocenters. The third kappa shape index (κ3) is 2.00. The Morgan fingerprint density at radius 3 is 2.84 bits per heavy atom. The number of nitrogens with zero attached hydrogens (tertiary/aromatic N) is 3. The Morgan fingerprint density at radius 2 is 2.32 bits per heavy atom. The Hall–Kier alpha value is -2.18. The van der Waals surface area contributed by atoms with Crippen molar-refractivity contribution in [2.75, 3.05) is 0 Å². The van der Waals surface area contributed by atoms with E-state index in [-0.39, 0.29) is 17.3 Å². The van der Waals surface area contributed by atoms with E-state index in [1.807, 2.05) is 6.92 Å². The molecule has 0 fully saturated rings. The highest BCUT2D eigenvalue weighted by Gasteiger charge is 2.28. The molecule has 1 aliphatic rings. The van der Waals surface area contributed by atoms with E-state index in [1.165, 1.54) is 4.57 Å². The van der Waals surface area contributed by atoms with E-state index in [2.05, 4.69) is 10.1 Å². The van der Waals surface area contributed by atoms with E-state index in [9.17, 15) is 14.7 Å². The Morgan fingerprint density at radius 1 is 1.63 bits per heavy atom. The lowest BCUT2D eigenvalue weighted by molar-refractivity contribution is 0.0692. The molecule has 2 heterocycles. The Labute approximate surface area is 109 Å². The predicted molar refractivity (Wildman–Crippen MR) is 69.5 cm³/mol. The molecule has 0 amide bonds. The fourth-order valence-electron chi connectivity index (χ4n) is 2.37. The summed E-state index contributed by atoms with van der Waals surface area (Å²) in [5.74, 6) is 4.47. The van der Waals surface area contributed by atoms with Crippen molar-refractivity contribution in [1.82, 2.24) is 9.55 Å². The lowest BCUT2D eigenvalue weighted by Crippen LogP contribution is -2.38. The highest BCUT2D eigenvalue weighted by Crippen LogP contribution is 2.22. The van der Waals surface area contributed by atoms with Gasteiger partial charge in [-0.25, -0.2) is 9.78 Å². The first-order valence-electron chi connectivity index (χ1n) is 6.17. The van der Waals surface area contributed by atoms with Crippen LogP contribution in [0.4, 0.5) is 0 Å². The quantitative estimate of drug-likeness (QED) is 0.597. The molecule has 19 heavy (non-hydrogen) atoms. The molecule has 7 heteroatoms. The minimum Gasteiger partial charge on any atom is -0.477 e. The van der Waals surface area contributed by atoms with Crippen molar-refractivity contribution < 1.29 is 9.90 Å². The van der Waals surface area contributed by atoms with Crippen molar-refractivity contribution in [3.8, 4) is 0 Å². The largest absolute Gasteiger partial charge is 0.477 e. The van der Waals surface area contributed by atoms with Crippen LogP contribution < -0.4 is 11.4 Å². The maximum Gasteiger partial charge on any atom is 0.343 e. The molecule has 1 aliphatic heterocycles. The molecular formula is C12H16N4O3. The first-order chi connectivity index (χ1) is 9.01.